The van der Waals surface area contributed by atoms with E-state index in [9.17, 15) is 18.0 Å². The number of nitrogens with one attached hydrogen (secondary N) is 1. The first-order chi connectivity index (χ1) is 13.9. The van der Waals surface area contributed by atoms with E-state index in [1.54, 1.807) is 6.20 Å². The van der Waals surface area contributed by atoms with Crippen molar-refractivity contribution in [2.24, 2.45) is 0 Å². The number of hydrogen-bond acceptors (Lipinski definition) is 4. The van der Waals surface area contributed by atoms with Gasteiger partial charge in [-0.25, -0.2) is 0 Å². The summed E-state index contributed by atoms with van der Waals surface area (Å²) in [6, 6.07) is 10.4. The van der Waals surface area contributed by atoms with Gasteiger partial charge in [-0.2, -0.15) is 18.0 Å². The Hall–Kier alpha value is -3.49. The number of carbonyl (C=O) groups is 1. The molecule has 0 saturated heterocycles. The van der Waals surface area contributed by atoms with E-state index in [2.05, 4.69) is 20.4 Å². The van der Waals surface area contributed by atoms with E-state index in [4.69, 9.17) is 0 Å². The number of aromatic amines is 1. The number of alkyl halides is 3. The minimum absolute atomic E-state index is 0.0242. The van der Waals surface area contributed by atoms with Gasteiger partial charge in [0.15, 0.2) is 5.78 Å². The summed E-state index contributed by atoms with van der Waals surface area (Å²) >= 11 is 0. The Balaban J connectivity index is 1.58. The maximum absolute atomic E-state index is 12.9. The number of benzene rings is 2. The summed E-state index contributed by atoms with van der Waals surface area (Å²) in [5.41, 5.74) is 1.90. The minimum atomic E-state index is -4.46. The van der Waals surface area contributed by atoms with Crippen LogP contribution in [0.3, 0.4) is 0 Å². The molecule has 9 heteroatoms. The van der Waals surface area contributed by atoms with Gasteiger partial charge in [-0.15, -0.1) is 10.2 Å². The maximum Gasteiger partial charge on any atom is 0.416 e. The minimum Gasteiger partial charge on any atom is -0.360 e. The molecular formula is C20H16F3N5O. The largest absolute Gasteiger partial charge is 0.416 e. The van der Waals surface area contributed by atoms with Crippen LogP contribution in [0, 0.1) is 0 Å². The van der Waals surface area contributed by atoms with Crippen LogP contribution in [-0.2, 0) is 19.1 Å². The van der Waals surface area contributed by atoms with E-state index in [1.165, 1.54) is 12.1 Å². The number of carbonyl (C=O) groups excluding carboxylic acids is 1. The summed E-state index contributed by atoms with van der Waals surface area (Å²) in [5, 5.41) is 12.5. The zero-order chi connectivity index (χ0) is 20.6. The van der Waals surface area contributed by atoms with Crippen LogP contribution in [0.5, 0.6) is 0 Å². The molecule has 2 aromatic heterocycles. The van der Waals surface area contributed by atoms with Gasteiger partial charge < -0.3 is 4.98 Å². The van der Waals surface area contributed by atoms with Crippen LogP contribution in [0.1, 0.15) is 28.4 Å². The summed E-state index contributed by atoms with van der Waals surface area (Å²) in [7, 11) is 0. The number of aromatic nitrogens is 5. The van der Waals surface area contributed by atoms with Gasteiger partial charge in [0, 0.05) is 28.2 Å². The average molecular weight is 399 g/mol. The maximum atomic E-state index is 12.9. The highest BCUT2D eigenvalue weighted by molar-refractivity contribution is 6.08. The molecule has 0 fully saturated rings. The Labute approximate surface area is 163 Å². The number of para-hydroxylation sites is 1. The molecule has 0 aliphatic carbocycles. The molecule has 29 heavy (non-hydrogen) atoms. The summed E-state index contributed by atoms with van der Waals surface area (Å²) in [6.45, 7) is 1.86. The predicted molar refractivity (Wildman–Crippen MR) is 100 cm³/mol. The van der Waals surface area contributed by atoms with Crippen molar-refractivity contribution in [2.75, 3.05) is 0 Å². The standard InChI is InChI=1S/C20H16F3N5O/c1-2-12-5-4-8-15-16(10-24-18(12)15)17(29)11-28-26-19(25-27-28)13-6-3-7-14(9-13)20(21,22)23/h3-10,24H,2,11H2,1H3. The molecular weight excluding hydrogens is 383 g/mol. The lowest BCUT2D eigenvalue weighted by molar-refractivity contribution is -0.137. The van der Waals surface area contributed by atoms with Crippen LogP contribution in [0.2, 0.25) is 0 Å². The van der Waals surface area contributed by atoms with E-state index in [-0.39, 0.29) is 23.7 Å². The van der Waals surface area contributed by atoms with Gasteiger partial charge in [-0.1, -0.05) is 37.3 Å². The lowest BCUT2D eigenvalue weighted by Gasteiger charge is -2.06. The highest BCUT2D eigenvalue weighted by Gasteiger charge is 2.30. The number of H-pyrrole nitrogens is 1. The second-order valence-electron chi connectivity index (χ2n) is 6.54. The summed E-state index contributed by atoms with van der Waals surface area (Å²) < 4.78 is 38.7. The SMILES string of the molecule is CCc1cccc2c(C(=O)Cn3nnc(-c4cccc(C(F)(F)F)c4)n3)c[nH]c12. The first kappa shape index (κ1) is 18.9. The molecule has 0 unspecified atom stereocenters. The molecule has 6 nitrogen and oxygen atoms in total. The number of hydrogen-bond donors (Lipinski definition) is 1. The van der Waals surface area contributed by atoms with Crippen molar-refractivity contribution in [3.8, 4) is 11.4 Å². The summed E-state index contributed by atoms with van der Waals surface area (Å²) in [5.74, 6) is -0.200. The molecule has 0 bridgehead atoms. The molecule has 1 N–H and O–H groups in total. The molecule has 4 aromatic rings. The van der Waals surface area contributed by atoms with Crippen molar-refractivity contribution < 1.29 is 18.0 Å². The lowest BCUT2D eigenvalue weighted by atomic mass is 10.1. The van der Waals surface area contributed by atoms with Gasteiger partial charge in [-0.3, -0.25) is 4.79 Å². The molecule has 0 spiro atoms. The zero-order valence-electron chi connectivity index (χ0n) is 15.4. The van der Waals surface area contributed by atoms with Crippen LogP contribution in [-0.4, -0.2) is 31.0 Å². The van der Waals surface area contributed by atoms with Crippen molar-refractivity contribution in [3.05, 3.63) is 65.4 Å². The Kier molecular flexibility index (Phi) is 4.65. The Morgan fingerprint density at radius 2 is 1.97 bits per heavy atom. The predicted octanol–water partition coefficient (Wildman–Crippen LogP) is 4.29. The number of tetrazole rings is 1. The third-order valence-electron chi connectivity index (χ3n) is 4.67. The molecule has 4 rings (SSSR count). The molecule has 148 valence electrons. The highest BCUT2D eigenvalue weighted by Crippen LogP contribution is 2.31. The first-order valence-corrected chi connectivity index (χ1v) is 8.94. The quantitative estimate of drug-likeness (QED) is 0.508. The van der Waals surface area contributed by atoms with Crippen LogP contribution in [0.25, 0.3) is 22.3 Å². The van der Waals surface area contributed by atoms with Gasteiger partial charge in [0.25, 0.3) is 0 Å². The van der Waals surface area contributed by atoms with Gasteiger partial charge in [0.2, 0.25) is 5.82 Å². The molecule has 0 aliphatic rings. The summed E-state index contributed by atoms with van der Waals surface area (Å²) in [4.78, 5) is 16.9. The monoisotopic (exact) mass is 399 g/mol. The van der Waals surface area contributed by atoms with E-state index >= 15 is 0 Å². The number of aryl methyl sites for hydroxylation is 1. The fourth-order valence-electron chi connectivity index (χ4n) is 3.22. The zero-order valence-corrected chi connectivity index (χ0v) is 15.4. The molecule has 0 radical (unpaired) electrons. The first-order valence-electron chi connectivity index (χ1n) is 8.94. The topological polar surface area (TPSA) is 76.5 Å². The molecule has 2 heterocycles. The van der Waals surface area contributed by atoms with Gasteiger partial charge in [-0.05, 0) is 29.3 Å². The van der Waals surface area contributed by atoms with Crippen molar-refractivity contribution in [1.82, 2.24) is 25.2 Å². The Morgan fingerprint density at radius 1 is 1.17 bits per heavy atom. The second kappa shape index (κ2) is 7.16. The van der Waals surface area contributed by atoms with Crippen molar-refractivity contribution in [2.45, 2.75) is 26.1 Å². The third-order valence-corrected chi connectivity index (χ3v) is 4.67. The number of rotatable bonds is 5. The smallest absolute Gasteiger partial charge is 0.360 e. The van der Waals surface area contributed by atoms with Crippen molar-refractivity contribution >= 4 is 16.7 Å². The van der Waals surface area contributed by atoms with E-state index < -0.39 is 11.7 Å². The molecule has 2 aromatic carbocycles. The van der Waals surface area contributed by atoms with Crippen LogP contribution in [0.4, 0.5) is 13.2 Å². The van der Waals surface area contributed by atoms with Gasteiger partial charge in [0.05, 0.1) is 5.56 Å². The summed E-state index contributed by atoms with van der Waals surface area (Å²) in [6.07, 6.45) is -1.98. The lowest BCUT2D eigenvalue weighted by Crippen LogP contribution is -2.13. The van der Waals surface area contributed by atoms with Crippen LogP contribution >= 0.6 is 0 Å². The third kappa shape index (κ3) is 3.63. The number of ketones is 1. The van der Waals surface area contributed by atoms with Crippen LogP contribution in [0.15, 0.2) is 48.7 Å². The number of Topliss-reactive ketones (excluding diaryl/α,β-unsaturated/α-hetero) is 1. The number of nitrogens with zero attached hydrogens (tertiary/aromatic N) is 4. The van der Waals surface area contributed by atoms with Crippen molar-refractivity contribution in [1.29, 1.82) is 0 Å². The number of fused-ring (bicyclic) bond motifs is 1. The van der Waals surface area contributed by atoms with E-state index in [1.807, 2.05) is 25.1 Å². The second-order valence-corrected chi connectivity index (χ2v) is 6.54. The highest BCUT2D eigenvalue weighted by atomic mass is 19.4. The molecule has 0 saturated carbocycles. The van der Waals surface area contributed by atoms with E-state index in [0.717, 1.165) is 39.8 Å². The normalized spacial score (nSPS) is 11.9. The average Bonchev–Trinajstić information content (AvgIpc) is 3.34. The number of halogens is 3. The van der Waals surface area contributed by atoms with Gasteiger partial charge in [0.1, 0.15) is 6.54 Å². The van der Waals surface area contributed by atoms with Crippen molar-refractivity contribution in [3.63, 3.8) is 0 Å². The fourth-order valence-corrected chi connectivity index (χ4v) is 3.22. The molecule has 0 amide bonds. The Bertz CT molecular complexity index is 1190. The van der Waals surface area contributed by atoms with E-state index in [0.29, 0.717) is 5.56 Å². The molecule has 0 atom stereocenters. The molecule has 0 aliphatic heterocycles. The van der Waals surface area contributed by atoms with Gasteiger partial charge >= 0.3 is 6.18 Å². The Morgan fingerprint density at radius 3 is 2.72 bits per heavy atom. The fraction of sp³-hybridized carbons (Fsp3) is 0.200. The van der Waals surface area contributed by atoms with Crippen LogP contribution < -0.4 is 0 Å².